The average molecular weight is 174 g/mol. The standard InChI is InChI=1S/C9H8N2.C2H6/c1-7-4-6-10-8-3-2-5-11-9(7)8;1-2/h2-6H,1H3;1-2H3. The maximum atomic E-state index is 4.22. The first-order valence-electron chi connectivity index (χ1n) is 4.54. The Hall–Kier alpha value is -1.44. The van der Waals surface area contributed by atoms with Crippen LogP contribution in [0.2, 0.25) is 0 Å². The average Bonchev–Trinajstić information content (AvgIpc) is 2.22. The van der Waals surface area contributed by atoms with Gasteiger partial charge in [-0.15, -0.1) is 0 Å². The number of pyridine rings is 2. The van der Waals surface area contributed by atoms with Gasteiger partial charge < -0.3 is 0 Å². The Morgan fingerprint density at radius 2 is 1.77 bits per heavy atom. The van der Waals surface area contributed by atoms with E-state index in [1.165, 1.54) is 5.56 Å². The fourth-order valence-electron chi connectivity index (χ4n) is 1.11. The van der Waals surface area contributed by atoms with E-state index in [2.05, 4.69) is 9.97 Å². The topological polar surface area (TPSA) is 25.8 Å². The van der Waals surface area contributed by atoms with Gasteiger partial charge in [-0.1, -0.05) is 13.8 Å². The first kappa shape index (κ1) is 9.65. The summed E-state index contributed by atoms with van der Waals surface area (Å²) in [7, 11) is 0. The van der Waals surface area contributed by atoms with Crippen molar-refractivity contribution in [3.8, 4) is 0 Å². The van der Waals surface area contributed by atoms with Gasteiger partial charge in [-0.2, -0.15) is 0 Å². The van der Waals surface area contributed by atoms with E-state index in [-0.39, 0.29) is 0 Å². The lowest BCUT2D eigenvalue weighted by atomic mass is 10.2. The summed E-state index contributed by atoms with van der Waals surface area (Å²) in [6, 6.07) is 5.83. The summed E-state index contributed by atoms with van der Waals surface area (Å²) in [5.74, 6) is 0. The molecule has 0 aliphatic carbocycles. The molecule has 0 aliphatic rings. The molecule has 0 saturated heterocycles. The Morgan fingerprint density at radius 3 is 2.46 bits per heavy atom. The number of hydrogen-bond acceptors (Lipinski definition) is 2. The highest BCUT2D eigenvalue weighted by Gasteiger charge is 1.95. The van der Waals surface area contributed by atoms with Crippen molar-refractivity contribution >= 4 is 11.0 Å². The summed E-state index contributed by atoms with van der Waals surface area (Å²) >= 11 is 0. The van der Waals surface area contributed by atoms with Crippen molar-refractivity contribution in [1.82, 2.24) is 9.97 Å². The number of rotatable bonds is 0. The van der Waals surface area contributed by atoms with Crippen molar-refractivity contribution in [2.45, 2.75) is 20.8 Å². The second kappa shape index (κ2) is 4.55. The van der Waals surface area contributed by atoms with Gasteiger partial charge in [0.25, 0.3) is 0 Å². The van der Waals surface area contributed by atoms with E-state index in [0.717, 1.165) is 11.0 Å². The van der Waals surface area contributed by atoms with Gasteiger partial charge in [-0.05, 0) is 30.7 Å². The predicted molar refractivity (Wildman–Crippen MR) is 55.6 cm³/mol. The molecule has 0 radical (unpaired) electrons. The lowest BCUT2D eigenvalue weighted by Gasteiger charge is -1.96. The highest BCUT2D eigenvalue weighted by molar-refractivity contribution is 5.76. The third-order valence-electron chi connectivity index (χ3n) is 1.70. The quantitative estimate of drug-likeness (QED) is 0.613. The number of fused-ring (bicyclic) bond motifs is 1. The van der Waals surface area contributed by atoms with E-state index in [1.54, 1.807) is 12.4 Å². The van der Waals surface area contributed by atoms with Crippen LogP contribution in [-0.2, 0) is 0 Å². The van der Waals surface area contributed by atoms with Crippen molar-refractivity contribution in [2.24, 2.45) is 0 Å². The molecule has 0 fully saturated rings. The summed E-state index contributed by atoms with van der Waals surface area (Å²) < 4.78 is 0. The second-order valence-electron chi connectivity index (χ2n) is 2.50. The van der Waals surface area contributed by atoms with Gasteiger partial charge in [0.1, 0.15) is 0 Å². The molecule has 2 rings (SSSR count). The van der Waals surface area contributed by atoms with Gasteiger partial charge in [-0.3, -0.25) is 9.97 Å². The van der Waals surface area contributed by atoms with Gasteiger partial charge in [0, 0.05) is 12.4 Å². The van der Waals surface area contributed by atoms with Crippen LogP contribution >= 0.6 is 0 Å². The Kier molecular flexibility index (Phi) is 3.38. The molecular formula is C11H14N2. The zero-order valence-electron chi connectivity index (χ0n) is 8.28. The lowest BCUT2D eigenvalue weighted by molar-refractivity contribution is 1.30. The van der Waals surface area contributed by atoms with Gasteiger partial charge >= 0.3 is 0 Å². The fraction of sp³-hybridized carbons (Fsp3) is 0.273. The molecule has 2 aromatic rings. The zero-order chi connectivity index (χ0) is 9.68. The molecule has 0 bridgehead atoms. The minimum Gasteiger partial charge on any atom is -0.255 e. The highest BCUT2D eigenvalue weighted by atomic mass is 14.7. The maximum absolute atomic E-state index is 4.22. The minimum atomic E-state index is 0.965. The Labute approximate surface area is 78.7 Å². The van der Waals surface area contributed by atoms with Crippen molar-refractivity contribution in [3.63, 3.8) is 0 Å². The Morgan fingerprint density at radius 1 is 1.00 bits per heavy atom. The van der Waals surface area contributed by atoms with Crippen LogP contribution in [0.25, 0.3) is 11.0 Å². The summed E-state index contributed by atoms with van der Waals surface area (Å²) in [5.41, 5.74) is 3.14. The van der Waals surface area contributed by atoms with E-state index < -0.39 is 0 Å². The van der Waals surface area contributed by atoms with Crippen LogP contribution in [0.4, 0.5) is 0 Å². The maximum Gasteiger partial charge on any atom is 0.0915 e. The summed E-state index contributed by atoms with van der Waals surface area (Å²) in [6.07, 6.45) is 3.59. The predicted octanol–water partition coefficient (Wildman–Crippen LogP) is 2.96. The first-order chi connectivity index (χ1) is 6.38. The van der Waals surface area contributed by atoms with Crippen molar-refractivity contribution in [1.29, 1.82) is 0 Å². The third kappa shape index (κ3) is 2.02. The van der Waals surface area contributed by atoms with E-state index in [4.69, 9.17) is 0 Å². The molecule has 0 atom stereocenters. The normalized spacial score (nSPS) is 9.15. The summed E-state index contributed by atoms with van der Waals surface area (Å²) in [6.45, 7) is 6.04. The zero-order valence-corrected chi connectivity index (χ0v) is 8.28. The Bertz CT molecular complexity index is 377. The molecule has 2 heterocycles. The molecule has 0 saturated carbocycles. The van der Waals surface area contributed by atoms with Crippen LogP contribution in [-0.4, -0.2) is 9.97 Å². The summed E-state index contributed by atoms with van der Waals surface area (Å²) in [5, 5.41) is 0. The molecular weight excluding hydrogens is 160 g/mol. The molecule has 2 nitrogen and oxygen atoms in total. The molecule has 0 N–H and O–H groups in total. The number of aryl methyl sites for hydroxylation is 1. The fourth-order valence-corrected chi connectivity index (χ4v) is 1.11. The minimum absolute atomic E-state index is 0.965. The van der Waals surface area contributed by atoms with E-state index >= 15 is 0 Å². The molecule has 68 valence electrons. The third-order valence-corrected chi connectivity index (χ3v) is 1.70. The van der Waals surface area contributed by atoms with Crippen LogP contribution in [0.3, 0.4) is 0 Å². The number of nitrogens with zero attached hydrogens (tertiary/aromatic N) is 2. The van der Waals surface area contributed by atoms with Crippen molar-refractivity contribution in [2.75, 3.05) is 0 Å². The molecule has 0 spiro atoms. The lowest BCUT2D eigenvalue weighted by Crippen LogP contribution is -1.83. The molecule has 13 heavy (non-hydrogen) atoms. The van der Waals surface area contributed by atoms with E-state index in [1.807, 2.05) is 39.0 Å². The van der Waals surface area contributed by atoms with Crippen molar-refractivity contribution in [3.05, 3.63) is 36.2 Å². The summed E-state index contributed by atoms with van der Waals surface area (Å²) in [4.78, 5) is 8.40. The van der Waals surface area contributed by atoms with Crippen LogP contribution in [0.5, 0.6) is 0 Å². The SMILES string of the molecule is CC.Cc1ccnc2cccnc12. The molecule has 2 aromatic heterocycles. The molecule has 0 aromatic carbocycles. The van der Waals surface area contributed by atoms with Gasteiger partial charge in [0.15, 0.2) is 0 Å². The molecule has 2 heteroatoms. The van der Waals surface area contributed by atoms with E-state index in [0.29, 0.717) is 0 Å². The van der Waals surface area contributed by atoms with Crippen molar-refractivity contribution < 1.29 is 0 Å². The van der Waals surface area contributed by atoms with Crippen LogP contribution in [0.15, 0.2) is 30.6 Å². The second-order valence-corrected chi connectivity index (χ2v) is 2.50. The largest absolute Gasteiger partial charge is 0.255 e. The smallest absolute Gasteiger partial charge is 0.0915 e. The number of hydrogen-bond donors (Lipinski definition) is 0. The van der Waals surface area contributed by atoms with Crippen LogP contribution in [0, 0.1) is 6.92 Å². The number of aromatic nitrogens is 2. The monoisotopic (exact) mass is 174 g/mol. The van der Waals surface area contributed by atoms with E-state index in [9.17, 15) is 0 Å². The molecule has 0 aliphatic heterocycles. The van der Waals surface area contributed by atoms with Crippen LogP contribution in [0.1, 0.15) is 19.4 Å². The van der Waals surface area contributed by atoms with Gasteiger partial charge in [0.2, 0.25) is 0 Å². The first-order valence-corrected chi connectivity index (χ1v) is 4.54. The van der Waals surface area contributed by atoms with Gasteiger partial charge in [-0.25, -0.2) is 0 Å². The van der Waals surface area contributed by atoms with Gasteiger partial charge in [0.05, 0.1) is 11.0 Å². The van der Waals surface area contributed by atoms with Crippen LogP contribution < -0.4 is 0 Å². The molecule has 0 amide bonds. The molecule has 0 unspecified atom stereocenters. The highest BCUT2D eigenvalue weighted by Crippen LogP contribution is 2.10. The Balaban J connectivity index is 0.000000396.